The SMILES string of the molecule is CS(=O)(=O)N1CCN(C(=O)c2ccnc(CN)c2)CC1. The smallest absolute Gasteiger partial charge is 0.254 e. The second-order valence-electron chi connectivity index (χ2n) is 4.69. The van der Waals surface area contributed by atoms with Gasteiger partial charge < -0.3 is 10.6 Å². The third-order valence-electron chi connectivity index (χ3n) is 3.27. The summed E-state index contributed by atoms with van der Waals surface area (Å²) in [7, 11) is -3.18. The number of amides is 1. The molecule has 1 aliphatic heterocycles. The first-order valence-corrected chi connectivity index (χ1v) is 8.16. The van der Waals surface area contributed by atoms with Crippen LogP contribution in [-0.4, -0.2) is 60.9 Å². The normalized spacial score (nSPS) is 17.2. The zero-order valence-corrected chi connectivity index (χ0v) is 12.1. The molecule has 0 saturated carbocycles. The van der Waals surface area contributed by atoms with E-state index in [1.54, 1.807) is 23.2 Å². The van der Waals surface area contributed by atoms with Crippen LogP contribution in [-0.2, 0) is 16.6 Å². The Labute approximate surface area is 118 Å². The fourth-order valence-electron chi connectivity index (χ4n) is 2.13. The van der Waals surface area contributed by atoms with Crippen molar-refractivity contribution >= 4 is 15.9 Å². The molecule has 1 fully saturated rings. The summed E-state index contributed by atoms with van der Waals surface area (Å²) < 4.78 is 24.2. The minimum absolute atomic E-state index is 0.116. The van der Waals surface area contributed by atoms with E-state index in [-0.39, 0.29) is 12.5 Å². The molecule has 7 nitrogen and oxygen atoms in total. The Morgan fingerprint density at radius 2 is 2.00 bits per heavy atom. The van der Waals surface area contributed by atoms with E-state index in [1.807, 2.05) is 0 Å². The lowest BCUT2D eigenvalue weighted by Gasteiger charge is -2.33. The van der Waals surface area contributed by atoms with Crippen molar-refractivity contribution in [3.63, 3.8) is 0 Å². The van der Waals surface area contributed by atoms with E-state index in [0.717, 1.165) is 0 Å². The predicted octanol–water partition coefficient (Wildman–Crippen LogP) is -0.742. The summed E-state index contributed by atoms with van der Waals surface area (Å²) in [5.74, 6) is -0.116. The lowest BCUT2D eigenvalue weighted by Crippen LogP contribution is -2.50. The molecule has 1 saturated heterocycles. The second kappa shape index (κ2) is 5.86. The van der Waals surface area contributed by atoms with Crippen LogP contribution in [0.25, 0.3) is 0 Å². The Balaban J connectivity index is 2.05. The number of carbonyl (C=O) groups excluding carboxylic acids is 1. The first-order valence-electron chi connectivity index (χ1n) is 6.31. The molecular weight excluding hydrogens is 280 g/mol. The van der Waals surface area contributed by atoms with Gasteiger partial charge in [-0.15, -0.1) is 0 Å². The first kappa shape index (κ1) is 14.9. The highest BCUT2D eigenvalue weighted by molar-refractivity contribution is 7.88. The summed E-state index contributed by atoms with van der Waals surface area (Å²) in [6, 6.07) is 3.32. The Bertz CT molecular complexity index is 594. The van der Waals surface area contributed by atoms with Crippen molar-refractivity contribution in [3.8, 4) is 0 Å². The maximum atomic E-state index is 12.3. The van der Waals surface area contributed by atoms with E-state index in [2.05, 4.69) is 4.98 Å². The minimum atomic E-state index is -3.18. The number of piperazine rings is 1. The van der Waals surface area contributed by atoms with Gasteiger partial charge in [-0.05, 0) is 12.1 Å². The number of aromatic nitrogens is 1. The number of hydrogen-bond donors (Lipinski definition) is 1. The van der Waals surface area contributed by atoms with Crippen molar-refractivity contribution in [1.82, 2.24) is 14.2 Å². The Hall–Kier alpha value is -1.51. The zero-order chi connectivity index (χ0) is 14.8. The maximum Gasteiger partial charge on any atom is 0.254 e. The molecular formula is C12H18N4O3S. The highest BCUT2D eigenvalue weighted by atomic mass is 32.2. The third kappa shape index (κ3) is 3.33. The maximum absolute atomic E-state index is 12.3. The second-order valence-corrected chi connectivity index (χ2v) is 6.68. The van der Waals surface area contributed by atoms with E-state index in [0.29, 0.717) is 37.4 Å². The van der Waals surface area contributed by atoms with E-state index in [4.69, 9.17) is 5.73 Å². The number of carbonyl (C=O) groups is 1. The van der Waals surface area contributed by atoms with Crippen molar-refractivity contribution in [2.75, 3.05) is 32.4 Å². The standard InChI is InChI=1S/C12H18N4O3S/c1-20(18,19)16-6-4-15(5-7-16)12(17)10-2-3-14-11(8-10)9-13/h2-3,8H,4-7,9,13H2,1H3. The van der Waals surface area contributed by atoms with Gasteiger partial charge in [-0.1, -0.05) is 0 Å². The predicted molar refractivity (Wildman–Crippen MR) is 74.4 cm³/mol. The van der Waals surface area contributed by atoms with Gasteiger partial charge in [-0.3, -0.25) is 9.78 Å². The van der Waals surface area contributed by atoms with E-state index in [1.165, 1.54) is 10.6 Å². The van der Waals surface area contributed by atoms with Gasteiger partial charge in [0.15, 0.2) is 0 Å². The van der Waals surface area contributed by atoms with Crippen LogP contribution in [0.2, 0.25) is 0 Å². The van der Waals surface area contributed by atoms with Gasteiger partial charge in [0.1, 0.15) is 0 Å². The van der Waals surface area contributed by atoms with Crippen molar-refractivity contribution in [2.24, 2.45) is 5.73 Å². The van der Waals surface area contributed by atoms with Crippen LogP contribution in [0.3, 0.4) is 0 Å². The lowest BCUT2D eigenvalue weighted by molar-refractivity contribution is 0.0698. The molecule has 0 aromatic carbocycles. The molecule has 0 bridgehead atoms. The Kier molecular flexibility index (Phi) is 4.36. The largest absolute Gasteiger partial charge is 0.336 e. The van der Waals surface area contributed by atoms with E-state index >= 15 is 0 Å². The van der Waals surface area contributed by atoms with Gasteiger partial charge in [0.25, 0.3) is 5.91 Å². The summed E-state index contributed by atoms with van der Waals surface area (Å²) >= 11 is 0. The van der Waals surface area contributed by atoms with Crippen LogP contribution in [0, 0.1) is 0 Å². The van der Waals surface area contributed by atoms with Crippen molar-refractivity contribution in [3.05, 3.63) is 29.6 Å². The zero-order valence-electron chi connectivity index (χ0n) is 11.3. The number of sulfonamides is 1. The molecule has 8 heteroatoms. The Morgan fingerprint density at radius 3 is 2.55 bits per heavy atom. The number of rotatable bonds is 3. The molecule has 2 rings (SSSR count). The molecule has 0 unspecified atom stereocenters. The number of hydrogen-bond acceptors (Lipinski definition) is 5. The molecule has 1 aromatic heterocycles. The number of pyridine rings is 1. The minimum Gasteiger partial charge on any atom is -0.336 e. The summed E-state index contributed by atoms with van der Waals surface area (Å²) in [4.78, 5) is 18.0. The Morgan fingerprint density at radius 1 is 1.35 bits per heavy atom. The topological polar surface area (TPSA) is 96.6 Å². The van der Waals surface area contributed by atoms with Crippen LogP contribution in [0.5, 0.6) is 0 Å². The molecule has 0 aliphatic carbocycles. The van der Waals surface area contributed by atoms with E-state index < -0.39 is 10.0 Å². The van der Waals surface area contributed by atoms with Gasteiger partial charge in [0.2, 0.25) is 10.0 Å². The van der Waals surface area contributed by atoms with Crippen molar-refractivity contribution in [1.29, 1.82) is 0 Å². The van der Waals surface area contributed by atoms with Gasteiger partial charge in [-0.25, -0.2) is 8.42 Å². The van der Waals surface area contributed by atoms with Crippen molar-refractivity contribution < 1.29 is 13.2 Å². The molecule has 0 atom stereocenters. The number of nitrogens with two attached hydrogens (primary N) is 1. The highest BCUT2D eigenvalue weighted by Crippen LogP contribution is 2.11. The average Bonchev–Trinajstić information content (AvgIpc) is 2.46. The first-order chi connectivity index (χ1) is 9.41. The lowest BCUT2D eigenvalue weighted by atomic mass is 10.2. The van der Waals surface area contributed by atoms with E-state index in [9.17, 15) is 13.2 Å². The molecule has 2 N–H and O–H groups in total. The highest BCUT2D eigenvalue weighted by Gasteiger charge is 2.26. The molecule has 110 valence electrons. The van der Waals surface area contributed by atoms with Gasteiger partial charge in [0, 0.05) is 44.5 Å². The fourth-order valence-corrected chi connectivity index (χ4v) is 2.95. The fraction of sp³-hybridized carbons (Fsp3) is 0.500. The van der Waals surface area contributed by atoms with Crippen molar-refractivity contribution in [2.45, 2.75) is 6.54 Å². The molecule has 1 amide bonds. The quantitative estimate of drug-likeness (QED) is 0.792. The van der Waals surface area contributed by atoms with Gasteiger partial charge >= 0.3 is 0 Å². The summed E-state index contributed by atoms with van der Waals surface area (Å²) in [6.07, 6.45) is 2.74. The molecule has 1 aromatic rings. The summed E-state index contributed by atoms with van der Waals surface area (Å²) in [6.45, 7) is 1.74. The molecule has 2 heterocycles. The molecule has 0 radical (unpaired) electrons. The average molecular weight is 298 g/mol. The molecule has 1 aliphatic rings. The molecule has 0 spiro atoms. The molecule has 20 heavy (non-hydrogen) atoms. The van der Waals surface area contributed by atoms with Crippen LogP contribution in [0.4, 0.5) is 0 Å². The summed E-state index contributed by atoms with van der Waals surface area (Å²) in [5, 5.41) is 0. The summed E-state index contributed by atoms with van der Waals surface area (Å²) in [5.41, 5.74) is 6.70. The van der Waals surface area contributed by atoms with Crippen LogP contribution >= 0.6 is 0 Å². The van der Waals surface area contributed by atoms with Crippen LogP contribution in [0.15, 0.2) is 18.3 Å². The number of nitrogens with zero attached hydrogens (tertiary/aromatic N) is 3. The third-order valence-corrected chi connectivity index (χ3v) is 4.57. The van der Waals surface area contributed by atoms with Crippen LogP contribution < -0.4 is 5.73 Å². The van der Waals surface area contributed by atoms with Crippen LogP contribution in [0.1, 0.15) is 16.1 Å². The van der Waals surface area contributed by atoms with Gasteiger partial charge in [-0.2, -0.15) is 4.31 Å². The monoisotopic (exact) mass is 298 g/mol. The van der Waals surface area contributed by atoms with Gasteiger partial charge in [0.05, 0.1) is 11.9 Å².